The van der Waals surface area contributed by atoms with Gasteiger partial charge in [-0.3, -0.25) is 14.9 Å². The van der Waals surface area contributed by atoms with Gasteiger partial charge >= 0.3 is 11.9 Å². The Morgan fingerprint density at radius 1 is 1.03 bits per heavy atom. The Labute approximate surface area is 196 Å². The Hall–Kier alpha value is -4.86. The molecule has 0 saturated carbocycles. The molecule has 174 valence electrons. The molecule has 3 aliphatic rings. The number of phenols is 2. The molecular weight excluding hydrogens is 458 g/mol. The molecule has 2 unspecified atom stereocenters. The quantitative estimate of drug-likeness (QED) is 0.324. The van der Waals surface area contributed by atoms with E-state index < -0.39 is 46.6 Å². The molecule has 2 atom stereocenters. The van der Waals surface area contributed by atoms with E-state index in [0.29, 0.717) is 5.56 Å². The molecule has 0 aliphatic carbocycles. The lowest BCUT2D eigenvalue weighted by Crippen LogP contribution is -2.35. The molecule has 1 spiro atoms. The van der Waals surface area contributed by atoms with Crippen LogP contribution in [0.15, 0.2) is 48.5 Å². The number of hydrogen-bond donors (Lipinski definition) is 4. The van der Waals surface area contributed by atoms with Crippen LogP contribution >= 0.6 is 0 Å². The average Bonchev–Trinajstić information content (AvgIpc) is 3.29. The Morgan fingerprint density at radius 3 is 2.51 bits per heavy atom. The van der Waals surface area contributed by atoms with Gasteiger partial charge in [-0.05, 0) is 29.8 Å². The maximum atomic E-state index is 13.0. The van der Waals surface area contributed by atoms with Crippen molar-refractivity contribution in [2.45, 2.75) is 17.9 Å². The number of hydrogen-bond acceptors (Lipinski definition) is 8. The zero-order chi connectivity index (χ0) is 24.6. The molecule has 3 aromatic rings. The molecule has 0 bridgehead atoms. The lowest BCUT2D eigenvalue weighted by molar-refractivity contribution is -0.125. The van der Waals surface area contributed by atoms with Crippen molar-refractivity contribution in [3.05, 3.63) is 81.9 Å². The maximum absolute atomic E-state index is 13.0. The number of carboxylic acids is 1. The fraction of sp³-hybridized carbons (Fsp3) is 0.120. The summed E-state index contributed by atoms with van der Waals surface area (Å²) in [5.74, 6) is -5.58. The number of phenolic OH excluding ortho intramolecular Hbond substituents is 1. The van der Waals surface area contributed by atoms with Crippen molar-refractivity contribution in [1.29, 1.82) is 0 Å². The SMILES string of the molecule is O=C1CC(c2cc(O)cc3c2C2(OC(=O)c4ccccc42)c2ccc(O)c(C(=O)O)c2O3)C(=O)N1. The molecule has 10 nitrogen and oxygen atoms in total. The highest BCUT2D eigenvalue weighted by atomic mass is 16.6. The second kappa shape index (κ2) is 6.83. The van der Waals surface area contributed by atoms with E-state index in [9.17, 15) is 34.5 Å². The summed E-state index contributed by atoms with van der Waals surface area (Å²) in [6.07, 6.45) is -0.205. The number of ether oxygens (including phenoxy) is 2. The van der Waals surface area contributed by atoms with Gasteiger partial charge in [-0.1, -0.05) is 18.2 Å². The lowest BCUT2D eigenvalue weighted by Gasteiger charge is -2.39. The number of nitrogens with one attached hydrogen (secondary N) is 1. The fourth-order valence-corrected chi connectivity index (χ4v) is 5.17. The minimum atomic E-state index is -1.77. The second-order valence-electron chi connectivity index (χ2n) is 8.44. The summed E-state index contributed by atoms with van der Waals surface area (Å²) < 4.78 is 11.9. The van der Waals surface area contributed by atoms with Crippen LogP contribution in [0.5, 0.6) is 23.0 Å². The van der Waals surface area contributed by atoms with Crippen LogP contribution < -0.4 is 10.1 Å². The van der Waals surface area contributed by atoms with Gasteiger partial charge in [0, 0.05) is 23.6 Å². The number of carbonyl (C=O) groups is 4. The van der Waals surface area contributed by atoms with Gasteiger partial charge in [-0.15, -0.1) is 0 Å². The van der Waals surface area contributed by atoms with Gasteiger partial charge in [-0.25, -0.2) is 9.59 Å². The number of carboxylic acid groups (broad SMARTS) is 1. The van der Waals surface area contributed by atoms with E-state index in [1.807, 2.05) is 0 Å². The van der Waals surface area contributed by atoms with Gasteiger partial charge in [0.15, 0.2) is 11.4 Å². The first-order chi connectivity index (χ1) is 16.7. The van der Waals surface area contributed by atoms with E-state index in [0.717, 1.165) is 6.07 Å². The number of amides is 2. The number of aromatic carboxylic acids is 1. The number of benzene rings is 3. The molecule has 0 aromatic heterocycles. The third-order valence-electron chi connectivity index (χ3n) is 6.53. The molecule has 1 fully saturated rings. The summed E-state index contributed by atoms with van der Waals surface area (Å²) in [6.45, 7) is 0. The highest BCUT2D eigenvalue weighted by Crippen LogP contribution is 2.60. The topological polar surface area (TPSA) is 159 Å². The molecule has 1 saturated heterocycles. The minimum Gasteiger partial charge on any atom is -0.508 e. The van der Waals surface area contributed by atoms with Crippen LogP contribution in [0.2, 0.25) is 0 Å². The predicted octanol–water partition coefficient (Wildman–Crippen LogP) is 2.49. The first-order valence-electron chi connectivity index (χ1n) is 10.5. The van der Waals surface area contributed by atoms with E-state index in [-0.39, 0.29) is 45.9 Å². The van der Waals surface area contributed by atoms with Crippen LogP contribution in [0.1, 0.15) is 55.3 Å². The summed E-state index contributed by atoms with van der Waals surface area (Å²) >= 11 is 0. The Morgan fingerprint density at radius 2 is 1.80 bits per heavy atom. The zero-order valence-corrected chi connectivity index (χ0v) is 17.7. The Balaban J connectivity index is 1.76. The Kier molecular flexibility index (Phi) is 4.04. The van der Waals surface area contributed by atoms with Crippen LogP contribution in [0.4, 0.5) is 0 Å². The molecule has 6 rings (SSSR count). The molecule has 10 heteroatoms. The van der Waals surface area contributed by atoms with Crippen molar-refractivity contribution in [3.8, 4) is 23.0 Å². The van der Waals surface area contributed by atoms with Crippen molar-refractivity contribution in [3.63, 3.8) is 0 Å². The molecule has 3 heterocycles. The van der Waals surface area contributed by atoms with Crippen LogP contribution in [0, 0.1) is 0 Å². The average molecular weight is 473 g/mol. The van der Waals surface area contributed by atoms with Crippen molar-refractivity contribution in [2.24, 2.45) is 0 Å². The number of imide groups is 1. The van der Waals surface area contributed by atoms with Gasteiger partial charge < -0.3 is 24.8 Å². The van der Waals surface area contributed by atoms with Crippen LogP contribution in [0.25, 0.3) is 0 Å². The van der Waals surface area contributed by atoms with Crippen molar-refractivity contribution >= 4 is 23.8 Å². The highest BCUT2D eigenvalue weighted by Gasteiger charge is 2.56. The number of esters is 1. The number of rotatable bonds is 2. The fourth-order valence-electron chi connectivity index (χ4n) is 5.17. The molecule has 35 heavy (non-hydrogen) atoms. The molecule has 0 radical (unpaired) electrons. The first kappa shape index (κ1) is 20.7. The molecule has 4 N–H and O–H groups in total. The monoisotopic (exact) mass is 473 g/mol. The van der Waals surface area contributed by atoms with Gasteiger partial charge in [-0.2, -0.15) is 0 Å². The summed E-state index contributed by atoms with van der Waals surface area (Å²) in [6, 6.07) is 11.5. The summed E-state index contributed by atoms with van der Waals surface area (Å²) in [5.41, 5.74) is -1.30. The standard InChI is InChI=1S/C25H15NO9/c27-10-7-12(13-9-18(29)26-22(13)30)20-17(8-10)34-21-15(5-6-16(28)19(21)23(31)32)25(20)14-4-2-1-3-11(14)24(33)35-25/h1-8,13,27-28H,9H2,(H,31,32)(H,26,29,30). The van der Waals surface area contributed by atoms with E-state index in [1.165, 1.54) is 18.2 Å². The van der Waals surface area contributed by atoms with Crippen molar-refractivity contribution in [1.82, 2.24) is 5.32 Å². The molecule has 2 amide bonds. The second-order valence-corrected chi connectivity index (χ2v) is 8.44. The largest absolute Gasteiger partial charge is 0.508 e. The predicted molar refractivity (Wildman–Crippen MR) is 115 cm³/mol. The highest BCUT2D eigenvalue weighted by molar-refractivity contribution is 6.07. The number of carbonyl (C=O) groups excluding carboxylic acids is 3. The van der Waals surface area contributed by atoms with E-state index in [2.05, 4.69) is 5.32 Å². The normalized spacial score (nSPS) is 21.6. The summed E-state index contributed by atoms with van der Waals surface area (Å²) in [4.78, 5) is 49.8. The van der Waals surface area contributed by atoms with Gasteiger partial charge in [0.2, 0.25) is 11.8 Å². The smallest absolute Gasteiger partial charge is 0.343 e. The van der Waals surface area contributed by atoms with Crippen LogP contribution in [0.3, 0.4) is 0 Å². The van der Waals surface area contributed by atoms with E-state index in [4.69, 9.17) is 9.47 Å². The molecular formula is C25H15NO9. The van der Waals surface area contributed by atoms with E-state index >= 15 is 0 Å². The number of aromatic hydroxyl groups is 2. The van der Waals surface area contributed by atoms with Crippen molar-refractivity contribution in [2.75, 3.05) is 0 Å². The van der Waals surface area contributed by atoms with Gasteiger partial charge in [0.25, 0.3) is 0 Å². The lowest BCUT2D eigenvalue weighted by atomic mass is 9.73. The first-order valence-corrected chi connectivity index (χ1v) is 10.5. The van der Waals surface area contributed by atoms with Gasteiger partial charge in [0.05, 0.1) is 17.0 Å². The minimum absolute atomic E-state index is 0.0859. The summed E-state index contributed by atoms with van der Waals surface area (Å²) in [7, 11) is 0. The number of fused-ring (bicyclic) bond motifs is 6. The van der Waals surface area contributed by atoms with E-state index in [1.54, 1.807) is 24.3 Å². The third kappa shape index (κ3) is 2.64. The molecule has 3 aromatic carbocycles. The zero-order valence-electron chi connectivity index (χ0n) is 17.7. The third-order valence-corrected chi connectivity index (χ3v) is 6.53. The van der Waals surface area contributed by atoms with Crippen molar-refractivity contribution < 1.29 is 44.0 Å². The van der Waals surface area contributed by atoms with Crippen LogP contribution in [-0.2, 0) is 19.9 Å². The Bertz CT molecular complexity index is 1530. The molecule has 3 aliphatic heterocycles. The maximum Gasteiger partial charge on any atom is 0.343 e. The van der Waals surface area contributed by atoms with Gasteiger partial charge in [0.1, 0.15) is 22.8 Å². The summed E-state index contributed by atoms with van der Waals surface area (Å²) in [5, 5.41) is 32.8. The van der Waals surface area contributed by atoms with Crippen LogP contribution in [-0.4, -0.2) is 39.1 Å².